The molecular formula is C19H28Cl3N3O2. The van der Waals surface area contributed by atoms with Crippen LogP contribution < -0.4 is 5.73 Å². The minimum Gasteiger partial charge on any atom is -0.441 e. The first-order chi connectivity index (χ1) is 11.9. The molecule has 0 aliphatic heterocycles. The predicted molar refractivity (Wildman–Crippen MR) is 115 cm³/mol. The van der Waals surface area contributed by atoms with Gasteiger partial charge in [-0.3, -0.25) is 4.79 Å². The summed E-state index contributed by atoms with van der Waals surface area (Å²) in [5.41, 5.74) is 6.83. The van der Waals surface area contributed by atoms with Crippen LogP contribution in [0.2, 0.25) is 5.02 Å². The highest BCUT2D eigenvalue weighted by atomic mass is 35.5. The first kappa shape index (κ1) is 25.7. The largest absolute Gasteiger partial charge is 0.441 e. The summed E-state index contributed by atoms with van der Waals surface area (Å²) in [6.07, 6.45) is 3.27. The first-order valence-corrected chi connectivity index (χ1v) is 8.95. The van der Waals surface area contributed by atoms with E-state index in [1.807, 2.05) is 18.2 Å². The molecule has 1 aromatic carbocycles. The van der Waals surface area contributed by atoms with Crippen molar-refractivity contribution < 1.29 is 9.21 Å². The minimum atomic E-state index is 0. The number of aryl methyl sites for hydroxylation is 1. The molecule has 0 radical (unpaired) electrons. The van der Waals surface area contributed by atoms with Crippen molar-refractivity contribution in [2.24, 2.45) is 11.7 Å². The number of carbonyl (C=O) groups excluding carboxylic acids is 1. The Hall–Kier alpha value is -1.27. The Labute approximate surface area is 178 Å². The molecule has 1 heterocycles. The van der Waals surface area contributed by atoms with Crippen LogP contribution in [0.3, 0.4) is 0 Å². The van der Waals surface area contributed by atoms with Gasteiger partial charge >= 0.3 is 0 Å². The summed E-state index contributed by atoms with van der Waals surface area (Å²) < 4.78 is 5.72. The fraction of sp³-hybridized carbons (Fsp3) is 0.474. The molecule has 0 aliphatic carbocycles. The van der Waals surface area contributed by atoms with Crippen LogP contribution in [0.25, 0.3) is 11.3 Å². The van der Waals surface area contributed by atoms with Gasteiger partial charge < -0.3 is 15.1 Å². The van der Waals surface area contributed by atoms with E-state index in [1.165, 1.54) is 0 Å². The van der Waals surface area contributed by atoms with Crippen LogP contribution in [0.5, 0.6) is 0 Å². The summed E-state index contributed by atoms with van der Waals surface area (Å²) >= 11 is 6.16. The van der Waals surface area contributed by atoms with E-state index in [1.54, 1.807) is 24.2 Å². The van der Waals surface area contributed by atoms with Gasteiger partial charge in [-0.05, 0) is 24.5 Å². The molecule has 0 bridgehead atoms. The molecule has 1 amide bonds. The van der Waals surface area contributed by atoms with E-state index in [-0.39, 0.29) is 36.8 Å². The van der Waals surface area contributed by atoms with Crippen LogP contribution in [0.15, 0.2) is 34.9 Å². The lowest BCUT2D eigenvalue weighted by Crippen LogP contribution is -2.34. The van der Waals surface area contributed by atoms with Gasteiger partial charge in [0.1, 0.15) is 0 Å². The Morgan fingerprint density at radius 1 is 1.30 bits per heavy atom. The van der Waals surface area contributed by atoms with Crippen molar-refractivity contribution in [3.8, 4) is 11.3 Å². The highest BCUT2D eigenvalue weighted by molar-refractivity contribution is 6.33. The van der Waals surface area contributed by atoms with Gasteiger partial charge in [0.25, 0.3) is 0 Å². The Morgan fingerprint density at radius 3 is 2.59 bits per heavy atom. The number of aromatic nitrogens is 1. The van der Waals surface area contributed by atoms with E-state index >= 15 is 0 Å². The third kappa shape index (κ3) is 7.70. The van der Waals surface area contributed by atoms with Gasteiger partial charge in [-0.1, -0.05) is 37.6 Å². The summed E-state index contributed by atoms with van der Waals surface area (Å²) in [5.74, 6) is 1.63. The molecule has 0 aliphatic rings. The quantitative estimate of drug-likeness (QED) is 0.656. The Balaban J connectivity index is 0.00000338. The maximum atomic E-state index is 12.2. The molecule has 1 atom stereocenters. The van der Waals surface area contributed by atoms with Crippen LogP contribution >= 0.6 is 36.4 Å². The SMILES string of the molecule is CC(C)C(N)CCN(C)C(=O)CCc1ncc(-c2ccccc2Cl)o1.Cl.Cl. The van der Waals surface area contributed by atoms with Crippen molar-refractivity contribution in [1.82, 2.24) is 9.88 Å². The summed E-state index contributed by atoms with van der Waals surface area (Å²) in [6.45, 7) is 4.84. The van der Waals surface area contributed by atoms with Gasteiger partial charge in [0.15, 0.2) is 11.7 Å². The monoisotopic (exact) mass is 435 g/mol. The summed E-state index contributed by atoms with van der Waals surface area (Å²) in [7, 11) is 1.81. The van der Waals surface area contributed by atoms with Crippen LogP contribution in [0, 0.1) is 5.92 Å². The van der Waals surface area contributed by atoms with Gasteiger partial charge in [0, 0.05) is 38.0 Å². The molecule has 152 valence electrons. The molecule has 5 nitrogen and oxygen atoms in total. The predicted octanol–water partition coefficient (Wildman–Crippen LogP) is 4.60. The molecule has 8 heteroatoms. The molecule has 2 rings (SSSR count). The Bertz CT molecular complexity index is 707. The van der Waals surface area contributed by atoms with E-state index in [9.17, 15) is 4.79 Å². The molecule has 0 fully saturated rings. The summed E-state index contributed by atoms with van der Waals surface area (Å²) in [5, 5.41) is 0.613. The lowest BCUT2D eigenvalue weighted by molar-refractivity contribution is -0.130. The minimum absolute atomic E-state index is 0. The zero-order valence-electron chi connectivity index (χ0n) is 15.9. The van der Waals surface area contributed by atoms with Crippen molar-refractivity contribution in [3.05, 3.63) is 41.4 Å². The number of hydrogen-bond acceptors (Lipinski definition) is 4. The second kappa shape index (κ2) is 12.2. The second-order valence-corrected chi connectivity index (χ2v) is 7.02. The second-order valence-electron chi connectivity index (χ2n) is 6.61. The smallest absolute Gasteiger partial charge is 0.222 e. The van der Waals surface area contributed by atoms with E-state index in [0.717, 1.165) is 12.0 Å². The summed E-state index contributed by atoms with van der Waals surface area (Å²) in [4.78, 5) is 18.2. The molecule has 0 saturated carbocycles. The third-order valence-electron chi connectivity index (χ3n) is 4.33. The molecule has 0 spiro atoms. The third-order valence-corrected chi connectivity index (χ3v) is 4.66. The highest BCUT2D eigenvalue weighted by Crippen LogP contribution is 2.28. The van der Waals surface area contributed by atoms with Crippen LogP contribution in [0.1, 0.15) is 32.6 Å². The van der Waals surface area contributed by atoms with Crippen molar-refractivity contribution in [3.63, 3.8) is 0 Å². The molecule has 1 aromatic heterocycles. The number of carbonyl (C=O) groups is 1. The summed E-state index contributed by atoms with van der Waals surface area (Å²) in [6, 6.07) is 7.55. The normalized spacial score (nSPS) is 11.5. The van der Waals surface area contributed by atoms with E-state index in [4.69, 9.17) is 21.8 Å². The average molecular weight is 437 g/mol. The van der Waals surface area contributed by atoms with Crippen molar-refractivity contribution in [2.75, 3.05) is 13.6 Å². The number of nitrogens with two attached hydrogens (primary N) is 1. The maximum Gasteiger partial charge on any atom is 0.222 e. The lowest BCUT2D eigenvalue weighted by atomic mass is 10.0. The molecular weight excluding hydrogens is 409 g/mol. The van der Waals surface area contributed by atoms with Crippen LogP contribution in [-0.2, 0) is 11.2 Å². The standard InChI is InChI=1S/C19H26ClN3O2.2ClH/c1-13(2)16(21)10-11-23(3)19(24)9-8-18-22-12-17(25-18)14-6-4-5-7-15(14)20;;/h4-7,12-13,16H,8-11,21H2,1-3H3;2*1H. The van der Waals surface area contributed by atoms with Gasteiger partial charge in [-0.15, -0.1) is 24.8 Å². The van der Waals surface area contributed by atoms with Crippen molar-refractivity contribution in [1.29, 1.82) is 0 Å². The van der Waals surface area contributed by atoms with E-state index in [2.05, 4.69) is 18.8 Å². The number of halogens is 3. The number of nitrogens with zero attached hydrogens (tertiary/aromatic N) is 2. The fourth-order valence-corrected chi connectivity index (χ4v) is 2.65. The molecule has 0 saturated heterocycles. The number of benzene rings is 1. The van der Waals surface area contributed by atoms with Crippen molar-refractivity contribution >= 4 is 42.3 Å². The number of amides is 1. The number of rotatable bonds is 8. The molecule has 2 aromatic rings. The van der Waals surface area contributed by atoms with Crippen LogP contribution in [-0.4, -0.2) is 35.4 Å². The molecule has 27 heavy (non-hydrogen) atoms. The van der Waals surface area contributed by atoms with Gasteiger partial charge in [-0.2, -0.15) is 0 Å². The molecule has 2 N–H and O–H groups in total. The number of oxazole rings is 1. The fourth-order valence-electron chi connectivity index (χ4n) is 2.42. The first-order valence-electron chi connectivity index (χ1n) is 8.57. The average Bonchev–Trinajstić information content (AvgIpc) is 3.06. The zero-order valence-corrected chi connectivity index (χ0v) is 18.2. The van der Waals surface area contributed by atoms with Crippen molar-refractivity contribution in [2.45, 2.75) is 39.2 Å². The van der Waals surface area contributed by atoms with Gasteiger partial charge in [0.05, 0.1) is 11.2 Å². The Kier molecular flexibility index (Phi) is 11.7. The maximum absolute atomic E-state index is 12.2. The lowest BCUT2D eigenvalue weighted by Gasteiger charge is -2.21. The van der Waals surface area contributed by atoms with Gasteiger partial charge in [-0.25, -0.2) is 4.98 Å². The van der Waals surface area contributed by atoms with Gasteiger partial charge in [0.2, 0.25) is 5.91 Å². The number of hydrogen-bond donors (Lipinski definition) is 1. The topological polar surface area (TPSA) is 72.4 Å². The van der Waals surface area contributed by atoms with E-state index < -0.39 is 0 Å². The van der Waals surface area contributed by atoms with Crippen LogP contribution in [0.4, 0.5) is 0 Å². The highest BCUT2D eigenvalue weighted by Gasteiger charge is 2.15. The Morgan fingerprint density at radius 2 is 1.96 bits per heavy atom. The molecule has 1 unspecified atom stereocenters. The zero-order chi connectivity index (χ0) is 18.4. The van der Waals surface area contributed by atoms with E-state index in [0.29, 0.717) is 42.0 Å².